The number of aliphatic imine (C=N–C) groups is 1. The molecule has 2 rings (SSSR count). The summed E-state index contributed by atoms with van der Waals surface area (Å²) < 4.78 is 30.4. The number of nitrogens with two attached hydrogens (primary N) is 1. The number of piperidine rings is 1. The Balaban J connectivity index is 0.00000312. The number of nitrogens with zero attached hydrogens (tertiary/aromatic N) is 2. The number of ether oxygens (including phenoxy) is 1. The highest BCUT2D eigenvalue weighted by atomic mass is 127. The molecule has 9 heteroatoms. The van der Waals surface area contributed by atoms with Gasteiger partial charge in [-0.1, -0.05) is 24.6 Å². The molecule has 0 radical (unpaired) electrons. The molecule has 0 aliphatic carbocycles. The lowest BCUT2D eigenvalue weighted by atomic mass is 10.1. The Labute approximate surface area is 167 Å². The van der Waals surface area contributed by atoms with Crippen LogP contribution >= 0.6 is 24.0 Å². The molecule has 1 aromatic rings. The number of halogens is 1. The maximum atomic E-state index is 11.9. The van der Waals surface area contributed by atoms with Gasteiger partial charge in [0.05, 0.1) is 19.4 Å². The second-order valence-electron chi connectivity index (χ2n) is 5.96. The van der Waals surface area contributed by atoms with Crippen LogP contribution in [0.15, 0.2) is 29.3 Å². The predicted molar refractivity (Wildman–Crippen MR) is 112 cm³/mol. The third-order valence-electron chi connectivity index (χ3n) is 4.05. The van der Waals surface area contributed by atoms with Crippen molar-refractivity contribution in [3.05, 3.63) is 29.8 Å². The number of nitrogens with one attached hydrogen (secondary N) is 1. The Morgan fingerprint density at radius 1 is 1.40 bits per heavy atom. The molecular formula is C16H27IN4O3S. The molecular weight excluding hydrogens is 455 g/mol. The molecule has 142 valence electrons. The molecule has 0 saturated carbocycles. The monoisotopic (exact) mass is 482 g/mol. The van der Waals surface area contributed by atoms with Crippen molar-refractivity contribution >= 4 is 45.6 Å². The topological polar surface area (TPSA) is 97.0 Å². The number of guanidine groups is 1. The molecule has 1 aliphatic rings. The van der Waals surface area contributed by atoms with Crippen LogP contribution in [0.25, 0.3) is 0 Å². The lowest BCUT2D eigenvalue weighted by Gasteiger charge is -2.32. The minimum atomic E-state index is -3.21. The SMILES string of the molecule is COCc1ccccc1NC(N)=NCC1CCCCN1S(C)(=O)=O.I. The van der Waals surface area contributed by atoms with Crippen LogP contribution in [-0.2, 0) is 21.4 Å². The zero-order valence-electron chi connectivity index (χ0n) is 14.6. The minimum absolute atomic E-state index is 0. The first kappa shape index (κ1) is 22.1. The number of sulfonamides is 1. The van der Waals surface area contributed by atoms with E-state index in [2.05, 4.69) is 10.3 Å². The van der Waals surface area contributed by atoms with Gasteiger partial charge in [-0.25, -0.2) is 8.42 Å². The van der Waals surface area contributed by atoms with Crippen molar-refractivity contribution in [2.75, 3.05) is 31.8 Å². The summed E-state index contributed by atoms with van der Waals surface area (Å²) in [6.45, 7) is 1.39. The summed E-state index contributed by atoms with van der Waals surface area (Å²) in [5.74, 6) is 0.276. The highest BCUT2D eigenvalue weighted by Crippen LogP contribution is 2.20. The van der Waals surface area contributed by atoms with E-state index < -0.39 is 10.0 Å². The average Bonchev–Trinajstić information content (AvgIpc) is 2.54. The summed E-state index contributed by atoms with van der Waals surface area (Å²) in [4.78, 5) is 4.34. The predicted octanol–water partition coefficient (Wildman–Crippen LogP) is 1.99. The van der Waals surface area contributed by atoms with Crippen molar-refractivity contribution < 1.29 is 13.2 Å². The normalized spacial score (nSPS) is 19.3. The number of anilines is 1. The van der Waals surface area contributed by atoms with Gasteiger partial charge in [0.2, 0.25) is 10.0 Å². The molecule has 1 heterocycles. The van der Waals surface area contributed by atoms with Crippen molar-refractivity contribution in [2.24, 2.45) is 10.7 Å². The van der Waals surface area contributed by atoms with E-state index in [1.54, 1.807) is 7.11 Å². The van der Waals surface area contributed by atoms with Gasteiger partial charge >= 0.3 is 0 Å². The van der Waals surface area contributed by atoms with Crippen LogP contribution in [0.5, 0.6) is 0 Å². The molecule has 1 saturated heterocycles. The van der Waals surface area contributed by atoms with E-state index in [4.69, 9.17) is 10.5 Å². The lowest BCUT2D eigenvalue weighted by Crippen LogP contribution is -2.45. The van der Waals surface area contributed by atoms with E-state index in [-0.39, 0.29) is 36.0 Å². The molecule has 25 heavy (non-hydrogen) atoms. The van der Waals surface area contributed by atoms with Crippen molar-refractivity contribution in [1.82, 2.24) is 4.31 Å². The second-order valence-corrected chi connectivity index (χ2v) is 7.90. The van der Waals surface area contributed by atoms with Crippen molar-refractivity contribution in [1.29, 1.82) is 0 Å². The van der Waals surface area contributed by atoms with Crippen LogP contribution in [0.2, 0.25) is 0 Å². The largest absolute Gasteiger partial charge is 0.380 e. The van der Waals surface area contributed by atoms with Crippen LogP contribution in [0.4, 0.5) is 5.69 Å². The number of methoxy groups -OCH3 is 1. The third kappa shape index (κ3) is 6.72. The van der Waals surface area contributed by atoms with Crippen LogP contribution < -0.4 is 11.1 Å². The zero-order valence-corrected chi connectivity index (χ0v) is 17.8. The van der Waals surface area contributed by atoms with Crippen LogP contribution in [-0.4, -0.2) is 51.2 Å². The van der Waals surface area contributed by atoms with E-state index in [1.807, 2.05) is 24.3 Å². The van der Waals surface area contributed by atoms with Gasteiger partial charge in [-0.15, -0.1) is 24.0 Å². The van der Waals surface area contributed by atoms with E-state index in [0.717, 1.165) is 30.5 Å². The van der Waals surface area contributed by atoms with Gasteiger partial charge in [0.15, 0.2) is 5.96 Å². The van der Waals surface area contributed by atoms with Crippen molar-refractivity contribution in [3.63, 3.8) is 0 Å². The zero-order chi connectivity index (χ0) is 17.6. The fourth-order valence-electron chi connectivity index (χ4n) is 2.90. The summed E-state index contributed by atoms with van der Waals surface area (Å²) in [5.41, 5.74) is 7.79. The first-order valence-electron chi connectivity index (χ1n) is 8.02. The average molecular weight is 482 g/mol. The van der Waals surface area contributed by atoms with E-state index in [9.17, 15) is 8.42 Å². The molecule has 7 nitrogen and oxygen atoms in total. The molecule has 1 aliphatic heterocycles. The van der Waals surface area contributed by atoms with E-state index in [1.165, 1.54) is 10.6 Å². The molecule has 1 fully saturated rings. The number of rotatable bonds is 6. The van der Waals surface area contributed by atoms with Crippen LogP contribution in [0, 0.1) is 0 Å². The Morgan fingerprint density at radius 3 is 2.80 bits per heavy atom. The van der Waals surface area contributed by atoms with Crippen LogP contribution in [0.3, 0.4) is 0 Å². The maximum Gasteiger partial charge on any atom is 0.211 e. The summed E-state index contributed by atoms with van der Waals surface area (Å²) >= 11 is 0. The fourth-order valence-corrected chi connectivity index (χ4v) is 4.07. The molecule has 1 atom stereocenters. The van der Waals surface area contributed by atoms with Crippen LogP contribution in [0.1, 0.15) is 24.8 Å². The Kier molecular flexibility index (Phi) is 9.11. The number of hydrogen-bond acceptors (Lipinski definition) is 4. The van der Waals surface area contributed by atoms with Gasteiger partial charge in [-0.2, -0.15) is 4.31 Å². The summed E-state index contributed by atoms with van der Waals surface area (Å²) in [5, 5.41) is 3.07. The van der Waals surface area contributed by atoms with Crippen molar-refractivity contribution in [3.8, 4) is 0 Å². The van der Waals surface area contributed by atoms with Gasteiger partial charge in [0.1, 0.15) is 0 Å². The number of para-hydroxylation sites is 1. The summed E-state index contributed by atoms with van der Waals surface area (Å²) in [6, 6.07) is 7.56. The number of hydrogen-bond donors (Lipinski definition) is 2. The molecule has 0 bridgehead atoms. The standard InChI is InChI=1S/C16H26N4O3S.HI/c1-23-12-13-7-3-4-9-15(13)19-16(17)18-11-14-8-5-6-10-20(14)24(2,21)22;/h3-4,7,9,14H,5-6,8,10-12H2,1-2H3,(H3,17,18,19);1H. The molecule has 0 aromatic heterocycles. The first-order valence-corrected chi connectivity index (χ1v) is 9.87. The second kappa shape index (κ2) is 10.3. The molecule has 0 spiro atoms. The highest BCUT2D eigenvalue weighted by Gasteiger charge is 2.28. The van der Waals surface area contributed by atoms with Gasteiger partial charge in [0, 0.05) is 30.9 Å². The Morgan fingerprint density at radius 2 is 2.12 bits per heavy atom. The van der Waals surface area contributed by atoms with Crippen molar-refractivity contribution in [2.45, 2.75) is 31.9 Å². The van der Waals surface area contributed by atoms with Gasteiger partial charge in [-0.05, 0) is 18.9 Å². The third-order valence-corrected chi connectivity index (χ3v) is 5.38. The Hall–Kier alpha value is -0.910. The van der Waals surface area contributed by atoms with Gasteiger partial charge in [0.25, 0.3) is 0 Å². The maximum absolute atomic E-state index is 11.9. The van der Waals surface area contributed by atoms with E-state index in [0.29, 0.717) is 19.7 Å². The highest BCUT2D eigenvalue weighted by molar-refractivity contribution is 14.0. The fraction of sp³-hybridized carbons (Fsp3) is 0.562. The lowest BCUT2D eigenvalue weighted by molar-refractivity contribution is 0.185. The van der Waals surface area contributed by atoms with Gasteiger partial charge in [-0.3, -0.25) is 4.99 Å². The van der Waals surface area contributed by atoms with E-state index >= 15 is 0 Å². The van der Waals surface area contributed by atoms with Gasteiger partial charge < -0.3 is 15.8 Å². The smallest absolute Gasteiger partial charge is 0.211 e. The molecule has 3 N–H and O–H groups in total. The minimum Gasteiger partial charge on any atom is -0.380 e. The molecule has 1 aromatic carbocycles. The number of benzene rings is 1. The molecule has 0 amide bonds. The summed E-state index contributed by atoms with van der Waals surface area (Å²) in [6.07, 6.45) is 3.96. The Bertz CT molecular complexity index is 682. The quantitative estimate of drug-likeness (QED) is 0.367. The summed E-state index contributed by atoms with van der Waals surface area (Å²) in [7, 11) is -1.57. The molecule has 1 unspecified atom stereocenters. The first-order chi connectivity index (χ1) is 11.4.